The Hall–Kier alpha value is -1.03. The third-order valence-electron chi connectivity index (χ3n) is 2.55. The first-order valence-electron chi connectivity index (χ1n) is 6.01. The number of nitrogens with zero attached hydrogens (tertiary/aromatic N) is 2. The Kier molecular flexibility index (Phi) is 5.32. The van der Waals surface area contributed by atoms with Gasteiger partial charge in [-0.25, -0.2) is 0 Å². The van der Waals surface area contributed by atoms with Gasteiger partial charge < -0.3 is 10.4 Å². The van der Waals surface area contributed by atoms with E-state index in [1.165, 1.54) is 12.8 Å². The average molecular weight is 225 g/mol. The van der Waals surface area contributed by atoms with Crippen molar-refractivity contribution in [1.82, 2.24) is 9.78 Å². The van der Waals surface area contributed by atoms with Gasteiger partial charge in [-0.1, -0.05) is 13.8 Å². The maximum absolute atomic E-state index is 8.77. The highest BCUT2D eigenvalue weighted by atomic mass is 16.3. The van der Waals surface area contributed by atoms with E-state index < -0.39 is 0 Å². The number of rotatable bonds is 7. The predicted octanol–water partition coefficient (Wildman–Crippen LogP) is 2.11. The van der Waals surface area contributed by atoms with E-state index in [1.807, 2.05) is 12.4 Å². The second-order valence-electron chi connectivity index (χ2n) is 4.73. The van der Waals surface area contributed by atoms with Crippen LogP contribution in [0, 0.1) is 5.92 Å². The van der Waals surface area contributed by atoms with E-state index in [2.05, 4.69) is 31.2 Å². The van der Waals surface area contributed by atoms with Crippen molar-refractivity contribution >= 4 is 5.69 Å². The molecule has 1 atom stereocenters. The number of hydrogen-bond acceptors (Lipinski definition) is 3. The molecule has 0 spiro atoms. The van der Waals surface area contributed by atoms with Gasteiger partial charge in [0.25, 0.3) is 0 Å². The molecule has 1 heterocycles. The van der Waals surface area contributed by atoms with Gasteiger partial charge in [0.1, 0.15) is 0 Å². The molecule has 1 unspecified atom stereocenters. The first-order valence-corrected chi connectivity index (χ1v) is 6.01. The standard InChI is InChI=1S/C12H23N3O/c1-10(2)4-5-11(3)14-12-8-13-15(9-12)6-7-16/h8-11,14,16H,4-7H2,1-3H3. The fraction of sp³-hybridized carbons (Fsp3) is 0.750. The molecule has 0 aliphatic rings. The third kappa shape index (κ3) is 4.66. The molecule has 0 amide bonds. The summed E-state index contributed by atoms with van der Waals surface area (Å²) in [5.74, 6) is 0.751. The molecule has 1 aromatic rings. The van der Waals surface area contributed by atoms with E-state index in [0.717, 1.165) is 11.6 Å². The van der Waals surface area contributed by atoms with Gasteiger partial charge in [0.05, 0.1) is 25.0 Å². The number of aliphatic hydroxyl groups is 1. The van der Waals surface area contributed by atoms with E-state index in [1.54, 1.807) is 4.68 Å². The van der Waals surface area contributed by atoms with Crippen LogP contribution >= 0.6 is 0 Å². The quantitative estimate of drug-likeness (QED) is 0.747. The van der Waals surface area contributed by atoms with Crippen LogP contribution in [0.25, 0.3) is 0 Å². The fourth-order valence-corrected chi connectivity index (χ4v) is 1.60. The van der Waals surface area contributed by atoms with Crippen LogP contribution in [0.5, 0.6) is 0 Å². The number of aliphatic hydroxyl groups excluding tert-OH is 1. The second kappa shape index (κ2) is 6.53. The van der Waals surface area contributed by atoms with Gasteiger partial charge in [0.2, 0.25) is 0 Å². The van der Waals surface area contributed by atoms with E-state index >= 15 is 0 Å². The van der Waals surface area contributed by atoms with Crippen molar-refractivity contribution in [2.75, 3.05) is 11.9 Å². The largest absolute Gasteiger partial charge is 0.394 e. The summed E-state index contributed by atoms with van der Waals surface area (Å²) < 4.78 is 1.75. The maximum Gasteiger partial charge on any atom is 0.0728 e. The van der Waals surface area contributed by atoms with Crippen LogP contribution in [0.2, 0.25) is 0 Å². The SMILES string of the molecule is CC(C)CCC(C)Nc1cnn(CCO)c1. The van der Waals surface area contributed by atoms with Crippen molar-refractivity contribution in [1.29, 1.82) is 0 Å². The molecular weight excluding hydrogens is 202 g/mol. The summed E-state index contributed by atoms with van der Waals surface area (Å²) >= 11 is 0. The van der Waals surface area contributed by atoms with Crippen LogP contribution in [0.4, 0.5) is 5.69 Å². The molecule has 4 nitrogen and oxygen atoms in total. The zero-order valence-electron chi connectivity index (χ0n) is 10.5. The molecule has 0 aromatic carbocycles. The molecule has 16 heavy (non-hydrogen) atoms. The highest BCUT2D eigenvalue weighted by Crippen LogP contribution is 2.12. The Labute approximate surface area is 97.7 Å². The Morgan fingerprint density at radius 1 is 1.38 bits per heavy atom. The van der Waals surface area contributed by atoms with Gasteiger partial charge in [-0.2, -0.15) is 5.10 Å². The van der Waals surface area contributed by atoms with E-state index in [9.17, 15) is 0 Å². The molecule has 0 fully saturated rings. The zero-order chi connectivity index (χ0) is 12.0. The Morgan fingerprint density at radius 2 is 2.12 bits per heavy atom. The van der Waals surface area contributed by atoms with Crippen LogP contribution in [0.15, 0.2) is 12.4 Å². The Balaban J connectivity index is 2.34. The Morgan fingerprint density at radius 3 is 2.75 bits per heavy atom. The number of nitrogens with one attached hydrogen (secondary N) is 1. The minimum Gasteiger partial charge on any atom is -0.394 e. The number of anilines is 1. The molecule has 0 saturated carbocycles. The smallest absolute Gasteiger partial charge is 0.0728 e. The summed E-state index contributed by atoms with van der Waals surface area (Å²) in [6.07, 6.45) is 6.14. The number of aromatic nitrogens is 2. The molecule has 0 aliphatic carbocycles. The summed E-state index contributed by atoms with van der Waals surface area (Å²) in [6, 6.07) is 0.467. The van der Waals surface area contributed by atoms with Gasteiger partial charge in [-0.3, -0.25) is 4.68 Å². The lowest BCUT2D eigenvalue weighted by Gasteiger charge is -2.14. The van der Waals surface area contributed by atoms with Gasteiger partial charge in [0, 0.05) is 12.2 Å². The second-order valence-corrected chi connectivity index (χ2v) is 4.73. The van der Waals surface area contributed by atoms with Gasteiger partial charge in [0.15, 0.2) is 0 Å². The predicted molar refractivity (Wildman–Crippen MR) is 66.5 cm³/mol. The fourth-order valence-electron chi connectivity index (χ4n) is 1.60. The van der Waals surface area contributed by atoms with Crippen LogP contribution < -0.4 is 5.32 Å². The van der Waals surface area contributed by atoms with Crippen LogP contribution in [0.3, 0.4) is 0 Å². The van der Waals surface area contributed by atoms with Crippen molar-refractivity contribution in [3.05, 3.63) is 12.4 Å². The van der Waals surface area contributed by atoms with E-state index in [-0.39, 0.29) is 6.61 Å². The van der Waals surface area contributed by atoms with Crippen molar-refractivity contribution in [3.8, 4) is 0 Å². The monoisotopic (exact) mass is 225 g/mol. The van der Waals surface area contributed by atoms with E-state index in [0.29, 0.717) is 12.6 Å². The van der Waals surface area contributed by atoms with Gasteiger partial charge >= 0.3 is 0 Å². The van der Waals surface area contributed by atoms with Crippen LogP contribution in [-0.2, 0) is 6.54 Å². The summed E-state index contributed by atoms with van der Waals surface area (Å²) in [5, 5.41) is 16.3. The first kappa shape index (κ1) is 13.0. The minimum atomic E-state index is 0.129. The van der Waals surface area contributed by atoms with Gasteiger partial charge in [-0.05, 0) is 25.7 Å². The van der Waals surface area contributed by atoms with Crippen molar-refractivity contribution in [3.63, 3.8) is 0 Å². The molecule has 1 rings (SSSR count). The molecule has 4 heteroatoms. The highest BCUT2D eigenvalue weighted by Gasteiger charge is 2.05. The molecule has 0 aliphatic heterocycles. The summed E-state index contributed by atoms with van der Waals surface area (Å²) in [6.45, 7) is 7.36. The molecule has 0 bridgehead atoms. The normalized spacial score (nSPS) is 13.1. The summed E-state index contributed by atoms with van der Waals surface area (Å²) in [7, 11) is 0. The zero-order valence-corrected chi connectivity index (χ0v) is 10.5. The highest BCUT2D eigenvalue weighted by molar-refractivity contribution is 5.38. The third-order valence-corrected chi connectivity index (χ3v) is 2.55. The van der Waals surface area contributed by atoms with Crippen molar-refractivity contribution in [2.45, 2.75) is 46.2 Å². The first-order chi connectivity index (χ1) is 7.61. The molecule has 0 saturated heterocycles. The molecule has 2 N–H and O–H groups in total. The molecule has 92 valence electrons. The molecular formula is C12H23N3O. The lowest BCUT2D eigenvalue weighted by atomic mass is 10.0. The summed E-state index contributed by atoms with van der Waals surface area (Å²) in [4.78, 5) is 0. The summed E-state index contributed by atoms with van der Waals surface area (Å²) in [5.41, 5.74) is 1.03. The van der Waals surface area contributed by atoms with Gasteiger partial charge in [-0.15, -0.1) is 0 Å². The maximum atomic E-state index is 8.77. The molecule has 1 aromatic heterocycles. The minimum absolute atomic E-state index is 0.129. The van der Waals surface area contributed by atoms with Crippen molar-refractivity contribution < 1.29 is 5.11 Å². The van der Waals surface area contributed by atoms with Crippen LogP contribution in [-0.4, -0.2) is 27.5 Å². The van der Waals surface area contributed by atoms with Crippen molar-refractivity contribution in [2.24, 2.45) is 5.92 Å². The Bertz CT molecular complexity index is 296. The lowest BCUT2D eigenvalue weighted by Crippen LogP contribution is -2.15. The van der Waals surface area contributed by atoms with Crippen LogP contribution in [0.1, 0.15) is 33.6 Å². The lowest BCUT2D eigenvalue weighted by molar-refractivity contribution is 0.269. The van der Waals surface area contributed by atoms with E-state index in [4.69, 9.17) is 5.11 Å². The molecule has 0 radical (unpaired) electrons. The topological polar surface area (TPSA) is 50.1 Å². The number of hydrogen-bond donors (Lipinski definition) is 2. The average Bonchev–Trinajstić information content (AvgIpc) is 2.63.